The van der Waals surface area contributed by atoms with Crippen LogP contribution in [-0.4, -0.2) is 27.6 Å². The van der Waals surface area contributed by atoms with E-state index in [2.05, 4.69) is 4.98 Å². The summed E-state index contributed by atoms with van der Waals surface area (Å²) in [7, 11) is 0. The van der Waals surface area contributed by atoms with Gasteiger partial charge in [0.05, 0.1) is 6.04 Å². The molecule has 74 valence electrons. The third kappa shape index (κ3) is 1.55. The number of carboxylic acid groups (broad SMARTS) is 1. The van der Waals surface area contributed by atoms with Crippen molar-refractivity contribution >= 4 is 6.09 Å². The third-order valence-electron chi connectivity index (χ3n) is 2.57. The lowest BCUT2D eigenvalue weighted by Gasteiger charge is -2.21. The summed E-state index contributed by atoms with van der Waals surface area (Å²) < 4.78 is 0. The van der Waals surface area contributed by atoms with E-state index in [4.69, 9.17) is 5.11 Å². The Bertz CT molecular complexity index is 326. The molecular formula is C10H12N2O2. The molecule has 1 unspecified atom stereocenters. The van der Waals surface area contributed by atoms with Crippen molar-refractivity contribution in [1.29, 1.82) is 0 Å². The second-order valence-corrected chi connectivity index (χ2v) is 3.42. The molecular weight excluding hydrogens is 180 g/mol. The van der Waals surface area contributed by atoms with E-state index >= 15 is 0 Å². The number of carbonyl (C=O) groups is 1. The molecule has 4 heteroatoms. The van der Waals surface area contributed by atoms with Gasteiger partial charge in [0.15, 0.2) is 0 Å². The maximum absolute atomic E-state index is 10.9. The Morgan fingerprint density at radius 3 is 3.14 bits per heavy atom. The number of hydrogen-bond acceptors (Lipinski definition) is 2. The molecule has 1 N–H and O–H groups in total. The normalized spacial score (nSPS) is 21.1. The van der Waals surface area contributed by atoms with Gasteiger partial charge < -0.3 is 10.0 Å². The molecule has 2 heterocycles. The zero-order valence-electron chi connectivity index (χ0n) is 7.76. The van der Waals surface area contributed by atoms with Crippen LogP contribution in [0.15, 0.2) is 24.5 Å². The van der Waals surface area contributed by atoms with Crippen molar-refractivity contribution in [2.24, 2.45) is 0 Å². The first-order valence-corrected chi connectivity index (χ1v) is 4.68. The fourth-order valence-corrected chi connectivity index (χ4v) is 1.92. The standard InChI is InChI=1S/C10H12N2O2/c13-10(14)12-6-2-4-9(12)8-3-1-5-11-7-8/h1,3,5,7,9H,2,4,6H2,(H,13,14). The van der Waals surface area contributed by atoms with Crippen LogP contribution in [0.2, 0.25) is 0 Å². The highest BCUT2D eigenvalue weighted by atomic mass is 16.4. The molecule has 4 nitrogen and oxygen atoms in total. The van der Waals surface area contributed by atoms with Crippen molar-refractivity contribution in [2.75, 3.05) is 6.54 Å². The van der Waals surface area contributed by atoms with Gasteiger partial charge in [-0.2, -0.15) is 0 Å². The second kappa shape index (κ2) is 3.65. The van der Waals surface area contributed by atoms with E-state index in [0.717, 1.165) is 18.4 Å². The molecule has 14 heavy (non-hydrogen) atoms. The topological polar surface area (TPSA) is 53.4 Å². The van der Waals surface area contributed by atoms with Crippen molar-refractivity contribution < 1.29 is 9.90 Å². The minimum Gasteiger partial charge on any atom is -0.465 e. The molecule has 1 saturated heterocycles. The Hall–Kier alpha value is -1.58. The Labute approximate surface area is 82.2 Å². The van der Waals surface area contributed by atoms with Crippen molar-refractivity contribution in [1.82, 2.24) is 9.88 Å². The molecule has 0 aromatic carbocycles. The first kappa shape index (κ1) is 8.99. The van der Waals surface area contributed by atoms with E-state index in [9.17, 15) is 4.79 Å². The largest absolute Gasteiger partial charge is 0.465 e. The van der Waals surface area contributed by atoms with Gasteiger partial charge in [0, 0.05) is 18.9 Å². The van der Waals surface area contributed by atoms with E-state index in [1.165, 1.54) is 4.90 Å². The number of amides is 1. The summed E-state index contributed by atoms with van der Waals surface area (Å²) in [5.74, 6) is 0. The predicted molar refractivity (Wildman–Crippen MR) is 50.9 cm³/mol. The Morgan fingerprint density at radius 2 is 2.50 bits per heavy atom. The highest BCUT2D eigenvalue weighted by Crippen LogP contribution is 2.30. The van der Waals surface area contributed by atoms with Crippen LogP contribution in [0, 0.1) is 0 Å². The van der Waals surface area contributed by atoms with E-state index in [0.29, 0.717) is 6.54 Å². The molecule has 1 fully saturated rings. The fourth-order valence-electron chi connectivity index (χ4n) is 1.92. The minimum atomic E-state index is -0.837. The zero-order valence-corrected chi connectivity index (χ0v) is 7.76. The molecule has 2 rings (SSSR count). The van der Waals surface area contributed by atoms with Gasteiger partial charge in [-0.3, -0.25) is 4.98 Å². The summed E-state index contributed by atoms with van der Waals surface area (Å²) in [4.78, 5) is 16.4. The maximum atomic E-state index is 10.9. The van der Waals surface area contributed by atoms with Crippen LogP contribution in [0.25, 0.3) is 0 Å². The van der Waals surface area contributed by atoms with Crippen molar-refractivity contribution in [3.8, 4) is 0 Å². The number of aromatic nitrogens is 1. The first-order chi connectivity index (χ1) is 6.79. The average molecular weight is 192 g/mol. The summed E-state index contributed by atoms with van der Waals surface area (Å²) in [5.41, 5.74) is 0.993. The number of likely N-dealkylation sites (tertiary alicyclic amines) is 1. The Morgan fingerprint density at radius 1 is 1.64 bits per heavy atom. The quantitative estimate of drug-likeness (QED) is 0.739. The molecule has 0 bridgehead atoms. The molecule has 1 aliphatic rings. The molecule has 0 saturated carbocycles. The van der Waals surface area contributed by atoms with Gasteiger partial charge in [-0.1, -0.05) is 6.07 Å². The van der Waals surface area contributed by atoms with Gasteiger partial charge in [-0.15, -0.1) is 0 Å². The third-order valence-corrected chi connectivity index (χ3v) is 2.57. The molecule has 1 atom stereocenters. The summed E-state index contributed by atoms with van der Waals surface area (Å²) in [5, 5.41) is 8.95. The lowest BCUT2D eigenvalue weighted by molar-refractivity contribution is 0.140. The molecule has 0 aliphatic carbocycles. The number of nitrogens with zero attached hydrogens (tertiary/aromatic N) is 2. The highest BCUT2D eigenvalue weighted by Gasteiger charge is 2.29. The molecule has 1 aromatic heterocycles. The van der Waals surface area contributed by atoms with Crippen LogP contribution in [0.4, 0.5) is 4.79 Å². The van der Waals surface area contributed by atoms with Crippen LogP contribution < -0.4 is 0 Å². The van der Waals surface area contributed by atoms with E-state index in [-0.39, 0.29) is 6.04 Å². The average Bonchev–Trinajstić information content (AvgIpc) is 2.67. The lowest BCUT2D eigenvalue weighted by atomic mass is 10.1. The van der Waals surface area contributed by atoms with Crippen molar-refractivity contribution in [3.63, 3.8) is 0 Å². The van der Waals surface area contributed by atoms with Crippen LogP contribution in [0.5, 0.6) is 0 Å². The van der Waals surface area contributed by atoms with Gasteiger partial charge >= 0.3 is 6.09 Å². The van der Waals surface area contributed by atoms with Crippen LogP contribution in [0.1, 0.15) is 24.4 Å². The maximum Gasteiger partial charge on any atom is 0.407 e. The van der Waals surface area contributed by atoms with Gasteiger partial charge in [0.25, 0.3) is 0 Å². The molecule has 1 amide bonds. The van der Waals surface area contributed by atoms with Gasteiger partial charge in [0.1, 0.15) is 0 Å². The SMILES string of the molecule is O=C(O)N1CCCC1c1cccnc1. The summed E-state index contributed by atoms with van der Waals surface area (Å²) in [6.07, 6.45) is 4.44. The lowest BCUT2D eigenvalue weighted by Crippen LogP contribution is -2.28. The van der Waals surface area contributed by atoms with Crippen molar-refractivity contribution in [2.45, 2.75) is 18.9 Å². The molecule has 0 radical (unpaired) electrons. The van der Waals surface area contributed by atoms with E-state index < -0.39 is 6.09 Å². The van der Waals surface area contributed by atoms with Gasteiger partial charge in [0.2, 0.25) is 0 Å². The van der Waals surface area contributed by atoms with Gasteiger partial charge in [-0.05, 0) is 24.5 Å². The summed E-state index contributed by atoms with van der Waals surface area (Å²) >= 11 is 0. The predicted octanol–water partition coefficient (Wildman–Crippen LogP) is 1.90. The zero-order chi connectivity index (χ0) is 9.97. The Kier molecular flexibility index (Phi) is 2.35. The monoisotopic (exact) mass is 192 g/mol. The number of hydrogen-bond donors (Lipinski definition) is 1. The van der Waals surface area contributed by atoms with Crippen LogP contribution >= 0.6 is 0 Å². The van der Waals surface area contributed by atoms with Crippen LogP contribution in [-0.2, 0) is 0 Å². The van der Waals surface area contributed by atoms with Gasteiger partial charge in [-0.25, -0.2) is 4.79 Å². The molecule has 1 aromatic rings. The fraction of sp³-hybridized carbons (Fsp3) is 0.400. The smallest absolute Gasteiger partial charge is 0.407 e. The molecule has 1 aliphatic heterocycles. The van der Waals surface area contributed by atoms with E-state index in [1.807, 2.05) is 12.1 Å². The van der Waals surface area contributed by atoms with Crippen molar-refractivity contribution in [3.05, 3.63) is 30.1 Å². The first-order valence-electron chi connectivity index (χ1n) is 4.68. The second-order valence-electron chi connectivity index (χ2n) is 3.42. The number of rotatable bonds is 1. The Balaban J connectivity index is 2.22. The summed E-state index contributed by atoms with van der Waals surface area (Å²) in [6.45, 7) is 0.634. The van der Waals surface area contributed by atoms with Crippen LogP contribution in [0.3, 0.4) is 0 Å². The highest BCUT2D eigenvalue weighted by molar-refractivity contribution is 5.66. The van der Waals surface area contributed by atoms with E-state index in [1.54, 1.807) is 12.4 Å². The minimum absolute atomic E-state index is 0.00111. The number of pyridine rings is 1. The summed E-state index contributed by atoms with van der Waals surface area (Å²) in [6, 6.07) is 3.77. The molecule has 0 spiro atoms.